The smallest absolute Gasteiger partial charge is 0.182 e. The Hall–Kier alpha value is -1.98. The Balaban J connectivity index is 1.46. The molecule has 4 rings (SSSR count). The quantitative estimate of drug-likeness (QED) is 0.740. The van der Waals surface area contributed by atoms with Crippen molar-refractivity contribution in [3.63, 3.8) is 0 Å². The molecule has 26 heavy (non-hydrogen) atoms. The minimum atomic E-state index is -0.305. The normalized spacial score (nSPS) is 25.4. The van der Waals surface area contributed by atoms with Crippen LogP contribution >= 0.6 is 0 Å². The molecular formula is C22H24O4. The molecule has 4 heteroatoms. The van der Waals surface area contributed by atoms with E-state index in [4.69, 9.17) is 18.9 Å². The summed E-state index contributed by atoms with van der Waals surface area (Å²) in [5, 5.41) is 0. The lowest BCUT2D eigenvalue weighted by molar-refractivity contribution is -0.208. The van der Waals surface area contributed by atoms with Gasteiger partial charge in [0.1, 0.15) is 12.2 Å². The predicted octanol–water partition coefficient (Wildman–Crippen LogP) is 3.86. The second-order valence-corrected chi connectivity index (χ2v) is 6.58. The predicted molar refractivity (Wildman–Crippen MR) is 98.4 cm³/mol. The highest BCUT2D eigenvalue weighted by Gasteiger charge is 2.39. The SMILES string of the molecule is C1=C2[C@@H](OCC1)OC[C@@H](OCc1ccccc1)[C@H]2OCc1ccccc1. The zero-order valence-electron chi connectivity index (χ0n) is 14.8. The molecule has 0 spiro atoms. The molecule has 2 aliphatic rings. The number of hydrogen-bond acceptors (Lipinski definition) is 4. The molecule has 2 aromatic rings. The summed E-state index contributed by atoms with van der Waals surface area (Å²) in [4.78, 5) is 0. The Kier molecular flexibility index (Phi) is 5.77. The van der Waals surface area contributed by atoms with Gasteiger partial charge in [-0.15, -0.1) is 0 Å². The molecule has 3 atom stereocenters. The molecule has 1 fully saturated rings. The van der Waals surface area contributed by atoms with E-state index in [1.54, 1.807) is 0 Å². The van der Waals surface area contributed by atoms with Crippen LogP contribution in [0.15, 0.2) is 72.3 Å². The van der Waals surface area contributed by atoms with Gasteiger partial charge in [-0.1, -0.05) is 66.7 Å². The van der Waals surface area contributed by atoms with E-state index in [1.807, 2.05) is 36.4 Å². The van der Waals surface area contributed by atoms with Crippen LogP contribution in [0.25, 0.3) is 0 Å². The minimum absolute atomic E-state index is 0.150. The van der Waals surface area contributed by atoms with Crippen molar-refractivity contribution in [3.05, 3.63) is 83.4 Å². The van der Waals surface area contributed by atoms with Gasteiger partial charge in [0.2, 0.25) is 0 Å². The summed E-state index contributed by atoms with van der Waals surface area (Å²) in [5.74, 6) is 0. The summed E-state index contributed by atoms with van der Waals surface area (Å²) in [6.07, 6.45) is 2.45. The zero-order chi connectivity index (χ0) is 17.6. The van der Waals surface area contributed by atoms with E-state index in [1.165, 1.54) is 0 Å². The average Bonchev–Trinajstić information content (AvgIpc) is 2.72. The highest BCUT2D eigenvalue weighted by molar-refractivity contribution is 5.20. The lowest BCUT2D eigenvalue weighted by Crippen LogP contribution is -2.48. The highest BCUT2D eigenvalue weighted by Crippen LogP contribution is 2.30. The standard InChI is InChI=1S/C22H24O4/c1-3-8-17(9-4-1)14-24-20-16-26-22-19(12-7-13-23-22)21(20)25-15-18-10-5-2-6-11-18/h1-6,8-12,20-22H,7,13-16H2/t20-,21+,22+/m1/s1. The van der Waals surface area contributed by atoms with E-state index in [-0.39, 0.29) is 18.5 Å². The molecule has 2 aromatic carbocycles. The van der Waals surface area contributed by atoms with Gasteiger partial charge in [-0.2, -0.15) is 0 Å². The molecule has 0 aliphatic carbocycles. The van der Waals surface area contributed by atoms with Crippen LogP contribution in [-0.2, 0) is 32.2 Å². The number of rotatable bonds is 6. The third kappa shape index (κ3) is 4.22. The lowest BCUT2D eigenvalue weighted by atomic mass is 9.98. The Labute approximate surface area is 154 Å². The van der Waals surface area contributed by atoms with Crippen molar-refractivity contribution in [2.24, 2.45) is 0 Å². The largest absolute Gasteiger partial charge is 0.368 e. The van der Waals surface area contributed by atoms with Crippen molar-refractivity contribution in [2.75, 3.05) is 13.2 Å². The molecule has 1 saturated heterocycles. The molecule has 0 amide bonds. The number of fused-ring (bicyclic) bond motifs is 1. The van der Waals surface area contributed by atoms with Crippen molar-refractivity contribution >= 4 is 0 Å². The van der Waals surface area contributed by atoms with Crippen molar-refractivity contribution in [2.45, 2.75) is 38.1 Å². The molecule has 0 bridgehead atoms. The Bertz CT molecular complexity index is 713. The molecule has 0 saturated carbocycles. The first-order valence-corrected chi connectivity index (χ1v) is 9.14. The monoisotopic (exact) mass is 352 g/mol. The Morgan fingerprint density at radius 2 is 1.46 bits per heavy atom. The van der Waals surface area contributed by atoms with Crippen molar-refractivity contribution < 1.29 is 18.9 Å². The molecular weight excluding hydrogens is 328 g/mol. The summed E-state index contributed by atoms with van der Waals surface area (Å²) >= 11 is 0. The van der Waals surface area contributed by atoms with Crippen LogP contribution in [-0.4, -0.2) is 31.7 Å². The first-order valence-electron chi connectivity index (χ1n) is 9.14. The van der Waals surface area contributed by atoms with Crippen LogP contribution in [0.4, 0.5) is 0 Å². The van der Waals surface area contributed by atoms with Crippen molar-refractivity contribution in [1.29, 1.82) is 0 Å². The summed E-state index contributed by atoms with van der Waals surface area (Å²) in [6.45, 7) is 2.24. The van der Waals surface area contributed by atoms with Crippen LogP contribution < -0.4 is 0 Å². The second kappa shape index (κ2) is 8.60. The van der Waals surface area contributed by atoms with E-state index in [9.17, 15) is 0 Å². The zero-order valence-corrected chi connectivity index (χ0v) is 14.8. The molecule has 2 aliphatic heterocycles. The van der Waals surface area contributed by atoms with Crippen LogP contribution in [0.2, 0.25) is 0 Å². The van der Waals surface area contributed by atoms with Crippen molar-refractivity contribution in [3.8, 4) is 0 Å². The average molecular weight is 352 g/mol. The van der Waals surface area contributed by atoms with E-state index >= 15 is 0 Å². The van der Waals surface area contributed by atoms with E-state index < -0.39 is 0 Å². The molecule has 0 N–H and O–H groups in total. The summed E-state index contributed by atoms with van der Waals surface area (Å²) in [5.41, 5.74) is 3.34. The van der Waals surface area contributed by atoms with E-state index in [0.29, 0.717) is 26.4 Å². The number of benzene rings is 2. The number of hydrogen-bond donors (Lipinski definition) is 0. The maximum Gasteiger partial charge on any atom is 0.182 e. The second-order valence-electron chi connectivity index (χ2n) is 6.58. The topological polar surface area (TPSA) is 36.9 Å². The molecule has 136 valence electrons. The molecule has 0 unspecified atom stereocenters. The van der Waals surface area contributed by atoms with Crippen LogP contribution in [0.3, 0.4) is 0 Å². The van der Waals surface area contributed by atoms with Gasteiger partial charge in [-0.05, 0) is 17.5 Å². The van der Waals surface area contributed by atoms with E-state index in [2.05, 4.69) is 30.3 Å². The third-order valence-corrected chi connectivity index (χ3v) is 4.70. The Morgan fingerprint density at radius 1 is 0.808 bits per heavy atom. The maximum absolute atomic E-state index is 6.29. The summed E-state index contributed by atoms with van der Waals surface area (Å²) < 4.78 is 24.1. The number of ether oxygens (including phenoxy) is 4. The van der Waals surface area contributed by atoms with Crippen molar-refractivity contribution in [1.82, 2.24) is 0 Å². The first kappa shape index (κ1) is 17.4. The minimum Gasteiger partial charge on any atom is -0.368 e. The van der Waals surface area contributed by atoms with Gasteiger partial charge in [0, 0.05) is 5.57 Å². The fourth-order valence-corrected chi connectivity index (χ4v) is 3.35. The summed E-state index contributed by atoms with van der Waals surface area (Å²) in [6, 6.07) is 20.4. The van der Waals surface area contributed by atoms with Gasteiger partial charge in [0.25, 0.3) is 0 Å². The summed E-state index contributed by atoms with van der Waals surface area (Å²) in [7, 11) is 0. The molecule has 0 aromatic heterocycles. The highest BCUT2D eigenvalue weighted by atomic mass is 16.7. The lowest BCUT2D eigenvalue weighted by Gasteiger charge is -2.39. The van der Waals surface area contributed by atoms with Gasteiger partial charge >= 0.3 is 0 Å². The molecule has 4 nitrogen and oxygen atoms in total. The Morgan fingerprint density at radius 3 is 2.15 bits per heavy atom. The van der Waals surface area contributed by atoms with Gasteiger partial charge in [-0.3, -0.25) is 0 Å². The molecule has 0 radical (unpaired) electrons. The fourth-order valence-electron chi connectivity index (χ4n) is 3.35. The van der Waals surface area contributed by atoms with Gasteiger partial charge in [0.05, 0.1) is 26.4 Å². The van der Waals surface area contributed by atoms with Crippen LogP contribution in [0, 0.1) is 0 Å². The van der Waals surface area contributed by atoms with E-state index in [0.717, 1.165) is 23.1 Å². The van der Waals surface area contributed by atoms with Gasteiger partial charge < -0.3 is 18.9 Å². The van der Waals surface area contributed by atoms with Gasteiger partial charge in [-0.25, -0.2) is 0 Å². The maximum atomic E-state index is 6.29. The van der Waals surface area contributed by atoms with Crippen LogP contribution in [0.1, 0.15) is 17.5 Å². The fraction of sp³-hybridized carbons (Fsp3) is 0.364. The van der Waals surface area contributed by atoms with Gasteiger partial charge in [0.15, 0.2) is 6.29 Å². The molecule has 2 heterocycles. The third-order valence-electron chi connectivity index (χ3n) is 4.70. The first-order chi connectivity index (χ1) is 12.9. The van der Waals surface area contributed by atoms with Crippen LogP contribution in [0.5, 0.6) is 0 Å².